The Balaban J connectivity index is 1.70. The summed E-state index contributed by atoms with van der Waals surface area (Å²) in [5, 5.41) is 11.8. The number of hydrogen-bond acceptors (Lipinski definition) is 2. The fourth-order valence-electron chi connectivity index (χ4n) is 3.76. The molecule has 2 aliphatic carbocycles. The fraction of sp³-hybridized carbons (Fsp3) is 0.529. The average Bonchev–Trinajstić information content (AvgIpc) is 3.11. The van der Waals surface area contributed by atoms with Crippen molar-refractivity contribution in [2.75, 3.05) is 0 Å². The number of carbonyl (C=O) groups excluding carboxylic acids is 1. The van der Waals surface area contributed by atoms with Gasteiger partial charge in [0.1, 0.15) is 0 Å². The van der Waals surface area contributed by atoms with Crippen molar-refractivity contribution >= 4 is 11.9 Å². The van der Waals surface area contributed by atoms with Gasteiger partial charge >= 0.3 is 5.97 Å². The summed E-state index contributed by atoms with van der Waals surface area (Å²) in [6.45, 7) is 3.53. The number of carboxylic acid groups (broad SMARTS) is 1. The fourth-order valence-corrected chi connectivity index (χ4v) is 3.76. The van der Waals surface area contributed by atoms with Crippen molar-refractivity contribution in [1.82, 2.24) is 5.32 Å². The lowest BCUT2D eigenvalue weighted by atomic mass is 9.92. The SMILES string of the molecule is CC(C)(CC(=O)O)NC(=O)C1C2CCc3ccccc3C21. The van der Waals surface area contributed by atoms with Crippen LogP contribution >= 0.6 is 0 Å². The van der Waals surface area contributed by atoms with Crippen LogP contribution in [-0.4, -0.2) is 22.5 Å². The molecule has 0 saturated heterocycles. The summed E-state index contributed by atoms with van der Waals surface area (Å²) in [7, 11) is 0. The van der Waals surface area contributed by atoms with Crippen LogP contribution in [0, 0.1) is 11.8 Å². The summed E-state index contributed by atoms with van der Waals surface area (Å²) in [6.07, 6.45) is 2.04. The van der Waals surface area contributed by atoms with E-state index >= 15 is 0 Å². The molecule has 1 aromatic rings. The number of rotatable bonds is 4. The van der Waals surface area contributed by atoms with Crippen molar-refractivity contribution in [3.63, 3.8) is 0 Å². The van der Waals surface area contributed by atoms with Gasteiger partial charge in [-0.2, -0.15) is 0 Å². The van der Waals surface area contributed by atoms with Crippen molar-refractivity contribution in [3.05, 3.63) is 35.4 Å². The Morgan fingerprint density at radius 2 is 2.05 bits per heavy atom. The normalized spacial score (nSPS) is 26.5. The maximum Gasteiger partial charge on any atom is 0.305 e. The molecule has 0 aliphatic heterocycles. The van der Waals surface area contributed by atoms with Crippen LogP contribution < -0.4 is 5.32 Å². The third kappa shape index (κ3) is 2.67. The number of carbonyl (C=O) groups is 2. The van der Waals surface area contributed by atoms with Crippen LogP contribution in [0.1, 0.15) is 43.7 Å². The van der Waals surface area contributed by atoms with E-state index in [4.69, 9.17) is 5.11 Å². The number of fused-ring (bicyclic) bond motifs is 3. The van der Waals surface area contributed by atoms with E-state index in [0.29, 0.717) is 11.8 Å². The quantitative estimate of drug-likeness (QED) is 0.893. The average molecular weight is 287 g/mol. The Bertz CT molecular complexity index is 593. The first-order chi connectivity index (χ1) is 9.89. The Kier molecular flexibility index (Phi) is 3.27. The number of hydrogen-bond donors (Lipinski definition) is 2. The van der Waals surface area contributed by atoms with E-state index in [1.807, 2.05) is 12.1 Å². The molecule has 1 aromatic carbocycles. The Morgan fingerprint density at radius 3 is 2.76 bits per heavy atom. The number of aliphatic carboxylic acids is 1. The maximum absolute atomic E-state index is 12.5. The summed E-state index contributed by atoms with van der Waals surface area (Å²) in [4.78, 5) is 23.3. The molecule has 1 amide bonds. The second-order valence-corrected chi connectivity index (χ2v) is 6.90. The molecule has 0 bridgehead atoms. The monoisotopic (exact) mass is 287 g/mol. The largest absolute Gasteiger partial charge is 0.481 e. The summed E-state index contributed by atoms with van der Waals surface area (Å²) in [5.41, 5.74) is 1.97. The highest BCUT2D eigenvalue weighted by Crippen LogP contribution is 2.59. The van der Waals surface area contributed by atoms with Gasteiger partial charge in [-0.05, 0) is 49.7 Å². The minimum Gasteiger partial charge on any atom is -0.481 e. The van der Waals surface area contributed by atoms with Gasteiger partial charge in [-0.3, -0.25) is 9.59 Å². The van der Waals surface area contributed by atoms with E-state index < -0.39 is 11.5 Å². The molecule has 0 aromatic heterocycles. The zero-order valence-corrected chi connectivity index (χ0v) is 12.4. The van der Waals surface area contributed by atoms with E-state index in [-0.39, 0.29) is 18.2 Å². The first kappa shape index (κ1) is 14.1. The lowest BCUT2D eigenvalue weighted by Gasteiger charge is -2.24. The molecule has 21 heavy (non-hydrogen) atoms. The van der Waals surface area contributed by atoms with Crippen LogP contribution in [0.5, 0.6) is 0 Å². The summed E-state index contributed by atoms with van der Waals surface area (Å²) < 4.78 is 0. The molecular formula is C17H21NO3. The first-order valence-electron chi connectivity index (χ1n) is 7.51. The van der Waals surface area contributed by atoms with Gasteiger partial charge in [-0.25, -0.2) is 0 Å². The van der Waals surface area contributed by atoms with Crippen LogP contribution in [-0.2, 0) is 16.0 Å². The zero-order chi connectivity index (χ0) is 15.2. The highest BCUT2D eigenvalue weighted by molar-refractivity contribution is 5.85. The molecule has 2 N–H and O–H groups in total. The molecule has 2 aliphatic rings. The highest BCUT2D eigenvalue weighted by Gasteiger charge is 2.57. The summed E-state index contributed by atoms with van der Waals surface area (Å²) in [6, 6.07) is 8.35. The van der Waals surface area contributed by atoms with Crippen LogP contribution in [0.25, 0.3) is 0 Å². The molecule has 3 unspecified atom stereocenters. The summed E-state index contributed by atoms with van der Waals surface area (Å²) >= 11 is 0. The van der Waals surface area contributed by atoms with E-state index in [1.54, 1.807) is 13.8 Å². The van der Waals surface area contributed by atoms with E-state index in [2.05, 4.69) is 17.4 Å². The van der Waals surface area contributed by atoms with Crippen LogP contribution in [0.2, 0.25) is 0 Å². The lowest BCUT2D eigenvalue weighted by Crippen LogP contribution is -2.46. The predicted octanol–water partition coefficient (Wildman–Crippen LogP) is 2.33. The molecule has 3 rings (SSSR count). The van der Waals surface area contributed by atoms with Gasteiger partial charge in [0.25, 0.3) is 0 Å². The van der Waals surface area contributed by atoms with Crippen LogP contribution in [0.3, 0.4) is 0 Å². The van der Waals surface area contributed by atoms with E-state index in [9.17, 15) is 9.59 Å². The number of aryl methyl sites for hydroxylation is 1. The Hall–Kier alpha value is -1.84. The Morgan fingerprint density at radius 1 is 1.33 bits per heavy atom. The minimum atomic E-state index is -0.890. The predicted molar refractivity (Wildman–Crippen MR) is 79.0 cm³/mol. The van der Waals surface area contributed by atoms with Crippen molar-refractivity contribution in [1.29, 1.82) is 0 Å². The standard InChI is InChI=1S/C17H21NO3/c1-17(2,9-13(19)20)18-16(21)15-12-8-7-10-5-3-4-6-11(10)14(12)15/h3-6,12,14-15H,7-9H2,1-2H3,(H,18,21)(H,19,20). The van der Waals surface area contributed by atoms with Crippen LogP contribution in [0.4, 0.5) is 0 Å². The molecule has 4 heteroatoms. The molecule has 3 atom stereocenters. The van der Waals surface area contributed by atoms with Gasteiger partial charge in [-0.1, -0.05) is 24.3 Å². The second-order valence-electron chi connectivity index (χ2n) is 6.90. The topological polar surface area (TPSA) is 66.4 Å². The van der Waals surface area contributed by atoms with Crippen molar-refractivity contribution < 1.29 is 14.7 Å². The third-order valence-electron chi connectivity index (χ3n) is 4.69. The van der Waals surface area contributed by atoms with Gasteiger partial charge < -0.3 is 10.4 Å². The smallest absolute Gasteiger partial charge is 0.305 e. The number of nitrogens with one attached hydrogen (secondary N) is 1. The molecule has 112 valence electrons. The van der Waals surface area contributed by atoms with E-state index in [1.165, 1.54) is 11.1 Å². The van der Waals surface area contributed by atoms with Gasteiger partial charge in [0.15, 0.2) is 0 Å². The summed E-state index contributed by atoms with van der Waals surface area (Å²) in [5.74, 6) is -0.107. The second kappa shape index (κ2) is 4.86. The third-order valence-corrected chi connectivity index (χ3v) is 4.69. The van der Waals surface area contributed by atoms with Gasteiger partial charge in [0, 0.05) is 11.5 Å². The maximum atomic E-state index is 12.5. The number of carboxylic acids is 1. The lowest BCUT2D eigenvalue weighted by molar-refractivity contribution is -0.138. The molecule has 1 saturated carbocycles. The van der Waals surface area contributed by atoms with Crippen LogP contribution in [0.15, 0.2) is 24.3 Å². The van der Waals surface area contributed by atoms with Gasteiger partial charge in [0.05, 0.1) is 6.42 Å². The minimum absolute atomic E-state index is 0.00736. The molecular weight excluding hydrogens is 266 g/mol. The van der Waals surface area contributed by atoms with E-state index in [0.717, 1.165) is 12.8 Å². The number of benzene rings is 1. The van der Waals surface area contributed by atoms with Crippen molar-refractivity contribution in [2.24, 2.45) is 11.8 Å². The Labute approximate surface area is 124 Å². The molecule has 0 radical (unpaired) electrons. The van der Waals surface area contributed by atoms with Gasteiger partial charge in [-0.15, -0.1) is 0 Å². The first-order valence-corrected chi connectivity index (χ1v) is 7.51. The number of amides is 1. The molecule has 1 fully saturated rings. The molecule has 0 heterocycles. The van der Waals surface area contributed by atoms with Crippen molar-refractivity contribution in [2.45, 2.75) is 44.6 Å². The van der Waals surface area contributed by atoms with Gasteiger partial charge in [0.2, 0.25) is 5.91 Å². The molecule has 4 nitrogen and oxygen atoms in total. The zero-order valence-electron chi connectivity index (χ0n) is 12.4. The van der Waals surface area contributed by atoms with Crippen molar-refractivity contribution in [3.8, 4) is 0 Å². The molecule has 0 spiro atoms. The highest BCUT2D eigenvalue weighted by atomic mass is 16.4.